The molecule has 0 aromatic carbocycles. The molecule has 0 spiro atoms. The van der Waals surface area contributed by atoms with Crippen LogP contribution in [-0.4, -0.2) is 77.5 Å². The lowest BCUT2D eigenvalue weighted by atomic mass is 10.0. The van der Waals surface area contributed by atoms with Crippen LogP contribution in [0.15, 0.2) is 0 Å². The Morgan fingerprint density at radius 1 is 1.05 bits per heavy atom. The van der Waals surface area contributed by atoms with Gasteiger partial charge in [-0.3, -0.25) is 14.6 Å². The minimum Gasteiger partial charge on any atom is -0.340 e. The van der Waals surface area contributed by atoms with Crippen molar-refractivity contribution >= 4 is 5.91 Å². The third-order valence-electron chi connectivity index (χ3n) is 5.14. The molecule has 128 valence electrons. The molecule has 5 heteroatoms. The molecule has 0 unspecified atom stereocenters. The van der Waals surface area contributed by atoms with Crippen LogP contribution in [0.3, 0.4) is 0 Å². The van der Waals surface area contributed by atoms with Crippen molar-refractivity contribution in [3.05, 3.63) is 0 Å². The maximum atomic E-state index is 12.2. The second-order valence-corrected chi connectivity index (χ2v) is 7.90. The Kier molecular flexibility index (Phi) is 5.86. The van der Waals surface area contributed by atoms with Crippen LogP contribution in [0.5, 0.6) is 0 Å². The summed E-state index contributed by atoms with van der Waals surface area (Å²) < 4.78 is 0. The van der Waals surface area contributed by atoms with Gasteiger partial charge in [0.2, 0.25) is 5.91 Å². The highest BCUT2D eigenvalue weighted by molar-refractivity contribution is 5.77. The second-order valence-electron chi connectivity index (χ2n) is 7.90. The maximum absolute atomic E-state index is 12.2. The van der Waals surface area contributed by atoms with Crippen molar-refractivity contribution in [3.8, 4) is 0 Å². The van der Waals surface area contributed by atoms with Crippen molar-refractivity contribution in [1.29, 1.82) is 0 Å². The number of carbonyl (C=O) groups is 1. The summed E-state index contributed by atoms with van der Waals surface area (Å²) in [4.78, 5) is 19.3. The van der Waals surface area contributed by atoms with E-state index in [4.69, 9.17) is 5.73 Å². The number of likely N-dealkylation sites (tertiary alicyclic amines) is 1. The van der Waals surface area contributed by atoms with Crippen LogP contribution < -0.4 is 5.73 Å². The molecular formula is C17H34N4O. The minimum atomic E-state index is -0.407. The highest BCUT2D eigenvalue weighted by Gasteiger charge is 2.28. The van der Waals surface area contributed by atoms with Crippen molar-refractivity contribution < 1.29 is 4.79 Å². The summed E-state index contributed by atoms with van der Waals surface area (Å²) >= 11 is 0. The highest BCUT2D eigenvalue weighted by atomic mass is 16.2. The molecule has 0 aromatic rings. The second kappa shape index (κ2) is 7.28. The van der Waals surface area contributed by atoms with Crippen molar-refractivity contribution in [3.63, 3.8) is 0 Å². The average Bonchev–Trinajstić information content (AvgIpc) is 2.74. The fraction of sp³-hybridized carbons (Fsp3) is 0.941. The fourth-order valence-corrected chi connectivity index (χ4v) is 3.67. The van der Waals surface area contributed by atoms with Crippen molar-refractivity contribution in [2.75, 3.05) is 39.3 Å². The number of piperazine rings is 1. The van der Waals surface area contributed by atoms with E-state index in [2.05, 4.69) is 23.6 Å². The third kappa shape index (κ3) is 4.93. The van der Waals surface area contributed by atoms with Gasteiger partial charge < -0.3 is 10.6 Å². The van der Waals surface area contributed by atoms with Crippen molar-refractivity contribution in [2.24, 2.45) is 5.73 Å². The van der Waals surface area contributed by atoms with Crippen molar-refractivity contribution in [2.45, 2.75) is 64.6 Å². The van der Waals surface area contributed by atoms with Gasteiger partial charge in [-0.25, -0.2) is 0 Å². The molecule has 0 aliphatic carbocycles. The van der Waals surface area contributed by atoms with Crippen LogP contribution >= 0.6 is 0 Å². The van der Waals surface area contributed by atoms with Gasteiger partial charge in [-0.05, 0) is 40.5 Å². The summed E-state index contributed by atoms with van der Waals surface area (Å²) in [6.07, 6.45) is 3.10. The molecule has 2 atom stereocenters. The van der Waals surface area contributed by atoms with Crippen LogP contribution in [0.1, 0.15) is 47.0 Å². The van der Waals surface area contributed by atoms with E-state index in [0.717, 1.165) is 51.4 Å². The molecule has 0 radical (unpaired) electrons. The average molecular weight is 310 g/mol. The summed E-state index contributed by atoms with van der Waals surface area (Å²) in [5.41, 5.74) is 5.54. The van der Waals surface area contributed by atoms with Gasteiger partial charge in [-0.1, -0.05) is 0 Å². The first-order chi connectivity index (χ1) is 10.3. The molecule has 2 aliphatic rings. The summed E-state index contributed by atoms with van der Waals surface area (Å²) in [6, 6.07) is 1.45. The van der Waals surface area contributed by atoms with E-state index in [1.54, 1.807) is 0 Å². The Labute approximate surface area is 135 Å². The topological polar surface area (TPSA) is 52.8 Å². The SMILES string of the molecule is C[C@@H]1CC[C@H](C)N1CCN1CCN(C(=O)CC(C)(C)N)CC1. The number of rotatable bonds is 5. The van der Waals surface area contributed by atoms with E-state index < -0.39 is 5.54 Å². The van der Waals surface area contributed by atoms with Gasteiger partial charge in [0.05, 0.1) is 0 Å². The Morgan fingerprint density at radius 3 is 2.09 bits per heavy atom. The maximum Gasteiger partial charge on any atom is 0.224 e. The minimum absolute atomic E-state index is 0.203. The van der Waals surface area contributed by atoms with Crippen LogP contribution in [0.4, 0.5) is 0 Å². The Hall–Kier alpha value is -0.650. The zero-order valence-electron chi connectivity index (χ0n) is 14.8. The van der Waals surface area contributed by atoms with Gasteiger partial charge in [0.15, 0.2) is 0 Å². The molecule has 0 bridgehead atoms. The van der Waals surface area contributed by atoms with Gasteiger partial charge in [0.1, 0.15) is 0 Å². The molecule has 1 amide bonds. The molecule has 22 heavy (non-hydrogen) atoms. The van der Waals surface area contributed by atoms with E-state index in [-0.39, 0.29) is 5.91 Å². The van der Waals surface area contributed by atoms with Crippen LogP contribution in [0.2, 0.25) is 0 Å². The van der Waals surface area contributed by atoms with Crippen LogP contribution in [-0.2, 0) is 4.79 Å². The molecule has 0 aromatic heterocycles. The van der Waals surface area contributed by atoms with E-state index in [9.17, 15) is 4.79 Å². The van der Waals surface area contributed by atoms with Crippen LogP contribution in [0.25, 0.3) is 0 Å². The first kappa shape index (κ1) is 17.7. The molecule has 0 saturated carbocycles. The summed E-state index contributed by atoms with van der Waals surface area (Å²) in [5.74, 6) is 0.203. The van der Waals surface area contributed by atoms with Crippen molar-refractivity contribution in [1.82, 2.24) is 14.7 Å². The first-order valence-electron chi connectivity index (χ1n) is 8.81. The molecule has 5 nitrogen and oxygen atoms in total. The Morgan fingerprint density at radius 2 is 1.59 bits per heavy atom. The van der Waals surface area contributed by atoms with Gasteiger partial charge in [-0.15, -0.1) is 0 Å². The molecule has 2 saturated heterocycles. The summed E-state index contributed by atoms with van der Waals surface area (Å²) in [6.45, 7) is 14.5. The molecule has 2 aliphatic heterocycles. The molecule has 2 rings (SSSR count). The van der Waals surface area contributed by atoms with E-state index in [1.807, 2.05) is 18.7 Å². The lowest BCUT2D eigenvalue weighted by Crippen LogP contribution is -2.52. The molecule has 2 fully saturated rings. The number of nitrogens with zero attached hydrogens (tertiary/aromatic N) is 3. The number of hydrogen-bond acceptors (Lipinski definition) is 4. The zero-order valence-corrected chi connectivity index (χ0v) is 14.8. The summed E-state index contributed by atoms with van der Waals surface area (Å²) in [5, 5.41) is 0. The molecule has 2 N–H and O–H groups in total. The smallest absolute Gasteiger partial charge is 0.224 e. The number of amides is 1. The van der Waals surface area contributed by atoms with Gasteiger partial charge in [-0.2, -0.15) is 0 Å². The lowest BCUT2D eigenvalue weighted by Gasteiger charge is -2.37. The van der Waals surface area contributed by atoms with E-state index >= 15 is 0 Å². The largest absolute Gasteiger partial charge is 0.340 e. The van der Waals surface area contributed by atoms with Gasteiger partial charge in [0.25, 0.3) is 0 Å². The quantitative estimate of drug-likeness (QED) is 0.827. The molecule has 2 heterocycles. The Bertz CT molecular complexity index is 361. The van der Waals surface area contributed by atoms with Crippen LogP contribution in [0, 0.1) is 0 Å². The number of nitrogens with two attached hydrogens (primary N) is 1. The standard InChI is InChI=1S/C17H34N4O/c1-14-5-6-15(2)21(14)12-9-19-7-10-20(11-8-19)16(22)13-17(3,4)18/h14-15H,5-13,18H2,1-4H3/t14-,15+. The summed E-state index contributed by atoms with van der Waals surface area (Å²) in [7, 11) is 0. The monoisotopic (exact) mass is 310 g/mol. The Balaban J connectivity index is 1.70. The third-order valence-corrected chi connectivity index (χ3v) is 5.14. The van der Waals surface area contributed by atoms with Gasteiger partial charge in [0, 0.05) is 63.3 Å². The normalized spacial score (nSPS) is 28.3. The predicted octanol–water partition coefficient (Wildman–Crippen LogP) is 1.13. The highest BCUT2D eigenvalue weighted by Crippen LogP contribution is 2.22. The zero-order chi connectivity index (χ0) is 16.3. The van der Waals surface area contributed by atoms with Gasteiger partial charge >= 0.3 is 0 Å². The van der Waals surface area contributed by atoms with E-state index in [1.165, 1.54) is 12.8 Å². The number of hydrogen-bond donors (Lipinski definition) is 1. The predicted molar refractivity (Wildman–Crippen MR) is 90.8 cm³/mol. The number of carbonyl (C=O) groups excluding carboxylic acids is 1. The fourth-order valence-electron chi connectivity index (χ4n) is 3.67. The van der Waals surface area contributed by atoms with E-state index in [0.29, 0.717) is 6.42 Å². The first-order valence-corrected chi connectivity index (χ1v) is 8.81. The molecular weight excluding hydrogens is 276 g/mol. The lowest BCUT2D eigenvalue weighted by molar-refractivity contribution is -0.134.